The third kappa shape index (κ3) is 5.88. The molecule has 0 aliphatic heterocycles. The zero-order valence-corrected chi connectivity index (χ0v) is 35.4. The summed E-state index contributed by atoms with van der Waals surface area (Å²) in [5.74, 6) is 0. The minimum absolute atomic E-state index is 0.818. The van der Waals surface area contributed by atoms with E-state index < -0.39 is 0 Å². The molecule has 4 heteroatoms. The summed E-state index contributed by atoms with van der Waals surface area (Å²) in [5.41, 5.74) is 15.6. The number of thiophene rings is 1. The zero-order chi connectivity index (χ0) is 42.1. The first kappa shape index (κ1) is 36.5. The Morgan fingerprint density at radius 2 is 0.906 bits per heavy atom. The fraction of sp³-hybridized carbons (Fsp3) is 0. The van der Waals surface area contributed by atoms with Crippen molar-refractivity contribution >= 4 is 92.4 Å². The molecule has 0 saturated heterocycles. The maximum Gasteiger partial charge on any atom is 0.159 e. The minimum atomic E-state index is 0.818. The van der Waals surface area contributed by atoms with Crippen molar-refractivity contribution in [2.75, 3.05) is 4.90 Å². The first-order valence-electron chi connectivity index (χ1n) is 21.7. The van der Waals surface area contributed by atoms with Crippen molar-refractivity contribution in [1.29, 1.82) is 0 Å². The smallest absolute Gasteiger partial charge is 0.159 e. The van der Waals surface area contributed by atoms with Crippen molar-refractivity contribution in [3.05, 3.63) is 224 Å². The van der Waals surface area contributed by atoms with E-state index in [1.54, 1.807) is 0 Å². The van der Waals surface area contributed by atoms with Crippen molar-refractivity contribution in [2.24, 2.45) is 0 Å². The van der Waals surface area contributed by atoms with Gasteiger partial charge in [0.05, 0.1) is 22.4 Å². The predicted molar refractivity (Wildman–Crippen MR) is 270 cm³/mol. The molecule has 0 fully saturated rings. The van der Waals surface area contributed by atoms with E-state index in [4.69, 9.17) is 8.83 Å². The summed E-state index contributed by atoms with van der Waals surface area (Å²) in [7, 11) is 0. The first-order chi connectivity index (χ1) is 31.7. The Bertz CT molecular complexity index is 3890. The molecule has 0 aliphatic rings. The molecule has 0 unspecified atom stereocenters. The molecule has 64 heavy (non-hydrogen) atoms. The van der Waals surface area contributed by atoms with Gasteiger partial charge in [0.25, 0.3) is 0 Å². The molecule has 13 aromatic rings. The molecule has 3 aromatic heterocycles. The van der Waals surface area contributed by atoms with Crippen LogP contribution in [-0.2, 0) is 0 Å². The topological polar surface area (TPSA) is 29.5 Å². The highest BCUT2D eigenvalue weighted by Gasteiger charge is 2.28. The third-order valence-electron chi connectivity index (χ3n) is 12.7. The van der Waals surface area contributed by atoms with Crippen LogP contribution in [0, 0.1) is 0 Å². The number of furan rings is 2. The van der Waals surface area contributed by atoms with Crippen LogP contribution in [0.5, 0.6) is 0 Å². The molecular weight excluding hydrogens is 799 g/mol. The number of benzene rings is 10. The van der Waals surface area contributed by atoms with Crippen LogP contribution in [0.3, 0.4) is 0 Å². The van der Waals surface area contributed by atoms with Gasteiger partial charge >= 0.3 is 0 Å². The van der Waals surface area contributed by atoms with Crippen LogP contribution in [0.25, 0.3) is 109 Å². The van der Waals surface area contributed by atoms with Crippen molar-refractivity contribution in [3.63, 3.8) is 0 Å². The van der Waals surface area contributed by atoms with E-state index in [9.17, 15) is 0 Å². The fourth-order valence-electron chi connectivity index (χ4n) is 9.67. The largest absolute Gasteiger partial charge is 0.456 e. The van der Waals surface area contributed by atoms with Gasteiger partial charge in [-0.3, -0.25) is 0 Å². The van der Waals surface area contributed by atoms with Gasteiger partial charge in [0, 0.05) is 36.3 Å². The lowest BCUT2D eigenvalue weighted by Crippen LogP contribution is -2.11. The number of para-hydroxylation sites is 2. The molecular formula is C60H37NO2S. The molecule has 3 nitrogen and oxygen atoms in total. The molecule has 0 N–H and O–H groups in total. The highest BCUT2D eigenvalue weighted by atomic mass is 32.1. The van der Waals surface area contributed by atoms with Crippen LogP contribution < -0.4 is 4.90 Å². The second kappa shape index (κ2) is 14.7. The van der Waals surface area contributed by atoms with E-state index in [0.717, 1.165) is 83.2 Å². The van der Waals surface area contributed by atoms with Gasteiger partial charge in [-0.05, 0) is 93.0 Å². The standard InChI is InChI=1S/C60H37NO2S/c1-5-16-38(17-6-1)42-28-30-48-54(35-42)62-55-36-44(40-20-9-3-10-21-40)34-52(57(48)55)61(51-26-15-25-47-46-24-13-14-27-53(46)63-59(47)51)50-33-32-45(41-22-11-4-12-23-41)60-58(50)49-31-29-43(37-56(49)64-60)39-18-7-2-8-19-39/h1-37H. The number of rotatable bonds is 7. The molecule has 0 aliphatic carbocycles. The average molecular weight is 836 g/mol. The monoisotopic (exact) mass is 835 g/mol. The second-order valence-corrected chi connectivity index (χ2v) is 17.4. The number of hydrogen-bond acceptors (Lipinski definition) is 4. The van der Waals surface area contributed by atoms with Gasteiger partial charge in [-0.15, -0.1) is 11.3 Å². The molecule has 0 atom stereocenters. The predicted octanol–water partition coefficient (Wildman–Crippen LogP) is 18.0. The fourth-order valence-corrected chi connectivity index (χ4v) is 11.0. The Kier molecular flexibility index (Phi) is 8.40. The minimum Gasteiger partial charge on any atom is -0.456 e. The van der Waals surface area contributed by atoms with E-state index in [2.05, 4.69) is 223 Å². The Morgan fingerprint density at radius 3 is 1.62 bits per heavy atom. The van der Waals surface area contributed by atoms with Crippen LogP contribution in [0.4, 0.5) is 17.1 Å². The molecule has 3 heterocycles. The summed E-state index contributed by atoms with van der Waals surface area (Å²) in [6.07, 6.45) is 0. The van der Waals surface area contributed by atoms with E-state index in [0.29, 0.717) is 0 Å². The van der Waals surface area contributed by atoms with Gasteiger partial charge in [0.2, 0.25) is 0 Å². The van der Waals surface area contributed by atoms with Crippen molar-refractivity contribution in [1.82, 2.24) is 0 Å². The molecule has 10 aromatic carbocycles. The van der Waals surface area contributed by atoms with E-state index in [-0.39, 0.29) is 0 Å². The molecule has 0 bridgehead atoms. The lowest BCUT2D eigenvalue weighted by Gasteiger charge is -2.28. The summed E-state index contributed by atoms with van der Waals surface area (Å²) in [5, 5.41) is 6.63. The number of anilines is 3. The first-order valence-corrected chi connectivity index (χ1v) is 22.5. The maximum absolute atomic E-state index is 7.00. The van der Waals surface area contributed by atoms with Crippen LogP contribution in [0.15, 0.2) is 233 Å². The van der Waals surface area contributed by atoms with E-state index >= 15 is 0 Å². The summed E-state index contributed by atoms with van der Waals surface area (Å²) in [6.45, 7) is 0. The molecule has 300 valence electrons. The van der Waals surface area contributed by atoms with Gasteiger partial charge in [-0.1, -0.05) is 176 Å². The summed E-state index contributed by atoms with van der Waals surface area (Å²) in [4.78, 5) is 2.45. The summed E-state index contributed by atoms with van der Waals surface area (Å²) >= 11 is 1.86. The molecule has 0 amide bonds. The van der Waals surface area contributed by atoms with Gasteiger partial charge in [-0.25, -0.2) is 0 Å². The Balaban J connectivity index is 1.17. The van der Waals surface area contributed by atoms with Crippen LogP contribution in [0.2, 0.25) is 0 Å². The highest BCUT2D eigenvalue weighted by Crippen LogP contribution is 2.53. The molecule has 13 rings (SSSR count). The van der Waals surface area contributed by atoms with Gasteiger partial charge < -0.3 is 13.7 Å². The average Bonchev–Trinajstić information content (AvgIpc) is 4.07. The highest BCUT2D eigenvalue weighted by molar-refractivity contribution is 7.26. The number of hydrogen-bond donors (Lipinski definition) is 0. The molecule has 0 saturated carbocycles. The van der Waals surface area contributed by atoms with Gasteiger partial charge in [0.1, 0.15) is 16.7 Å². The third-order valence-corrected chi connectivity index (χ3v) is 13.8. The number of nitrogens with zero attached hydrogens (tertiary/aromatic N) is 1. The summed E-state index contributed by atoms with van der Waals surface area (Å²) in [6, 6.07) is 80.3. The zero-order valence-electron chi connectivity index (χ0n) is 34.5. The Morgan fingerprint density at radius 1 is 0.312 bits per heavy atom. The van der Waals surface area contributed by atoms with E-state index in [1.807, 2.05) is 17.4 Å². The van der Waals surface area contributed by atoms with Crippen molar-refractivity contribution < 1.29 is 8.83 Å². The van der Waals surface area contributed by atoms with Crippen LogP contribution in [-0.4, -0.2) is 0 Å². The lowest BCUT2D eigenvalue weighted by molar-refractivity contribution is 0.668. The van der Waals surface area contributed by atoms with Crippen molar-refractivity contribution in [3.8, 4) is 44.5 Å². The van der Waals surface area contributed by atoms with E-state index in [1.165, 1.54) is 42.4 Å². The number of fused-ring (bicyclic) bond motifs is 9. The van der Waals surface area contributed by atoms with Crippen LogP contribution >= 0.6 is 11.3 Å². The second-order valence-electron chi connectivity index (χ2n) is 16.4. The quantitative estimate of drug-likeness (QED) is 0.160. The summed E-state index contributed by atoms with van der Waals surface area (Å²) < 4.78 is 16.4. The lowest BCUT2D eigenvalue weighted by atomic mass is 9.97. The normalized spacial score (nSPS) is 11.8. The molecule has 0 radical (unpaired) electrons. The van der Waals surface area contributed by atoms with Crippen LogP contribution in [0.1, 0.15) is 0 Å². The van der Waals surface area contributed by atoms with Crippen molar-refractivity contribution in [2.45, 2.75) is 0 Å². The van der Waals surface area contributed by atoms with Gasteiger partial charge in [-0.2, -0.15) is 0 Å². The molecule has 0 spiro atoms. The van der Waals surface area contributed by atoms with Gasteiger partial charge in [0.15, 0.2) is 5.58 Å². The Labute approximate surface area is 373 Å². The Hall–Kier alpha value is -8.18. The SMILES string of the molecule is c1ccc(-c2ccc3c(c2)oc2cc(-c4ccccc4)cc(N(c4cccc5c4oc4ccccc45)c4ccc(-c5ccccc5)c5sc6cc(-c7ccccc7)ccc6c45)c23)cc1. The maximum atomic E-state index is 7.00.